The molecule has 0 saturated carbocycles. The van der Waals surface area contributed by atoms with Crippen molar-refractivity contribution < 1.29 is 19.1 Å². The zero-order valence-electron chi connectivity index (χ0n) is 22.8. The molecule has 0 atom stereocenters. The molecule has 1 aliphatic heterocycles. The van der Waals surface area contributed by atoms with E-state index in [4.69, 9.17) is 9.47 Å². The van der Waals surface area contributed by atoms with Crippen molar-refractivity contribution in [2.75, 3.05) is 43.6 Å². The van der Waals surface area contributed by atoms with Crippen LogP contribution in [0.4, 0.5) is 16.2 Å². The predicted octanol–water partition coefficient (Wildman–Crippen LogP) is 5.30. The Morgan fingerprint density at radius 1 is 0.923 bits per heavy atom. The molecule has 3 aromatic rings. The molecular formula is C31H38N4O4. The summed E-state index contributed by atoms with van der Waals surface area (Å²) in [5, 5.41) is 5.87. The molecule has 3 aromatic carbocycles. The Morgan fingerprint density at radius 3 is 2.23 bits per heavy atom. The molecule has 0 bridgehead atoms. The first kappa shape index (κ1) is 28.0. The van der Waals surface area contributed by atoms with Gasteiger partial charge in [-0.1, -0.05) is 30.3 Å². The molecule has 4 rings (SSSR count). The number of rotatable bonds is 11. The fourth-order valence-corrected chi connectivity index (χ4v) is 4.81. The molecule has 8 heteroatoms. The fraction of sp³-hybridized carbons (Fsp3) is 0.355. The summed E-state index contributed by atoms with van der Waals surface area (Å²) in [7, 11) is 1.64. The number of nitrogens with zero attached hydrogens (tertiary/aromatic N) is 2. The molecule has 1 fully saturated rings. The van der Waals surface area contributed by atoms with Crippen LogP contribution in [-0.2, 0) is 11.3 Å². The summed E-state index contributed by atoms with van der Waals surface area (Å²) < 4.78 is 11.2. The van der Waals surface area contributed by atoms with Crippen molar-refractivity contribution in [1.82, 2.24) is 10.2 Å². The maximum atomic E-state index is 13.4. The van der Waals surface area contributed by atoms with Gasteiger partial charge >= 0.3 is 6.03 Å². The number of ether oxygens (including phenoxy) is 2. The number of carbonyl (C=O) groups excluding carboxylic acids is 2. The highest BCUT2D eigenvalue weighted by Gasteiger charge is 2.29. The van der Waals surface area contributed by atoms with Gasteiger partial charge in [0.05, 0.1) is 13.7 Å². The van der Waals surface area contributed by atoms with Gasteiger partial charge in [0.1, 0.15) is 11.5 Å². The van der Waals surface area contributed by atoms with Crippen LogP contribution in [0.25, 0.3) is 0 Å². The summed E-state index contributed by atoms with van der Waals surface area (Å²) in [4.78, 5) is 28.9. The lowest BCUT2D eigenvalue weighted by atomic mass is 10.0. The number of hydrogen-bond donors (Lipinski definition) is 2. The summed E-state index contributed by atoms with van der Waals surface area (Å²) in [5.41, 5.74) is 2.70. The number of urea groups is 1. The predicted molar refractivity (Wildman–Crippen MR) is 154 cm³/mol. The topological polar surface area (TPSA) is 83.1 Å². The normalized spacial score (nSPS) is 13.9. The SMILES string of the molecule is COc1ccc(N(C(=O)NCc2ccccc2)C2CCN(CCCOc3ccc(NC(C)=O)cc3)CC2)cc1. The Labute approximate surface area is 230 Å². The monoisotopic (exact) mass is 530 g/mol. The minimum Gasteiger partial charge on any atom is -0.497 e. The number of piperidine rings is 1. The Balaban J connectivity index is 1.27. The van der Waals surface area contributed by atoms with E-state index in [-0.39, 0.29) is 18.0 Å². The van der Waals surface area contributed by atoms with Gasteiger partial charge in [0.25, 0.3) is 0 Å². The van der Waals surface area contributed by atoms with E-state index in [1.54, 1.807) is 7.11 Å². The van der Waals surface area contributed by atoms with Crippen LogP contribution < -0.4 is 25.0 Å². The maximum absolute atomic E-state index is 13.4. The average molecular weight is 531 g/mol. The summed E-state index contributed by atoms with van der Waals surface area (Å²) in [6, 6.07) is 25.1. The van der Waals surface area contributed by atoms with Crippen LogP contribution in [0.1, 0.15) is 31.7 Å². The Bertz CT molecular complexity index is 1180. The van der Waals surface area contributed by atoms with E-state index in [1.807, 2.05) is 83.8 Å². The molecule has 1 aliphatic rings. The minimum atomic E-state index is -0.0904. The van der Waals surface area contributed by atoms with Crippen LogP contribution in [0.3, 0.4) is 0 Å². The summed E-state index contributed by atoms with van der Waals surface area (Å²) in [5.74, 6) is 1.47. The van der Waals surface area contributed by atoms with E-state index in [0.717, 1.165) is 67.3 Å². The molecule has 39 heavy (non-hydrogen) atoms. The number of nitrogens with one attached hydrogen (secondary N) is 2. The molecule has 0 unspecified atom stereocenters. The van der Waals surface area contributed by atoms with Gasteiger partial charge in [0.2, 0.25) is 5.91 Å². The van der Waals surface area contributed by atoms with Gasteiger partial charge in [-0.3, -0.25) is 9.69 Å². The van der Waals surface area contributed by atoms with E-state index in [0.29, 0.717) is 13.2 Å². The second-order valence-corrected chi connectivity index (χ2v) is 9.69. The van der Waals surface area contributed by atoms with Gasteiger partial charge in [0.15, 0.2) is 0 Å². The molecule has 8 nitrogen and oxygen atoms in total. The third-order valence-corrected chi connectivity index (χ3v) is 6.84. The molecule has 1 saturated heterocycles. The Morgan fingerprint density at radius 2 is 1.59 bits per heavy atom. The first-order valence-corrected chi connectivity index (χ1v) is 13.5. The van der Waals surface area contributed by atoms with Crippen LogP contribution in [0, 0.1) is 0 Å². The second-order valence-electron chi connectivity index (χ2n) is 9.69. The molecule has 3 amide bonds. The smallest absolute Gasteiger partial charge is 0.322 e. The van der Waals surface area contributed by atoms with E-state index in [1.165, 1.54) is 6.92 Å². The van der Waals surface area contributed by atoms with Crippen molar-refractivity contribution in [3.63, 3.8) is 0 Å². The van der Waals surface area contributed by atoms with Crippen LogP contribution in [0.2, 0.25) is 0 Å². The fourth-order valence-electron chi connectivity index (χ4n) is 4.81. The van der Waals surface area contributed by atoms with Crippen molar-refractivity contribution >= 4 is 23.3 Å². The first-order valence-electron chi connectivity index (χ1n) is 13.5. The van der Waals surface area contributed by atoms with Crippen LogP contribution in [0.5, 0.6) is 11.5 Å². The van der Waals surface area contributed by atoms with E-state index in [2.05, 4.69) is 15.5 Å². The zero-order valence-corrected chi connectivity index (χ0v) is 22.8. The standard InChI is InChI=1S/C31H38N4O4/c1-24(36)33-26-9-13-30(14-10-26)39-22-6-19-34-20-17-28(18-21-34)35(27-11-15-29(38-2)16-12-27)31(37)32-23-25-7-4-3-5-8-25/h3-5,7-16,28H,6,17-23H2,1-2H3,(H,32,37)(H,33,36). The lowest BCUT2D eigenvalue weighted by Crippen LogP contribution is -2.51. The number of hydrogen-bond acceptors (Lipinski definition) is 5. The first-order chi connectivity index (χ1) is 19.0. The van der Waals surface area contributed by atoms with Crippen molar-refractivity contribution in [2.45, 2.75) is 38.8 Å². The van der Waals surface area contributed by atoms with Crippen LogP contribution in [0.15, 0.2) is 78.9 Å². The number of methoxy groups -OCH3 is 1. The average Bonchev–Trinajstić information content (AvgIpc) is 2.96. The maximum Gasteiger partial charge on any atom is 0.322 e. The van der Waals surface area contributed by atoms with Gasteiger partial charge < -0.3 is 25.0 Å². The van der Waals surface area contributed by atoms with Crippen LogP contribution >= 0.6 is 0 Å². The van der Waals surface area contributed by atoms with Crippen molar-refractivity contribution in [3.8, 4) is 11.5 Å². The number of anilines is 2. The van der Waals surface area contributed by atoms with Crippen molar-refractivity contribution in [1.29, 1.82) is 0 Å². The van der Waals surface area contributed by atoms with Gasteiger partial charge in [-0.15, -0.1) is 0 Å². The lowest BCUT2D eigenvalue weighted by Gasteiger charge is -2.38. The largest absolute Gasteiger partial charge is 0.497 e. The van der Waals surface area contributed by atoms with Gasteiger partial charge in [-0.2, -0.15) is 0 Å². The lowest BCUT2D eigenvalue weighted by molar-refractivity contribution is -0.114. The molecule has 1 heterocycles. The number of amides is 3. The van der Waals surface area contributed by atoms with E-state index in [9.17, 15) is 9.59 Å². The molecule has 0 aliphatic carbocycles. The minimum absolute atomic E-state index is 0.0830. The molecule has 0 spiro atoms. The summed E-state index contributed by atoms with van der Waals surface area (Å²) in [6.45, 7) is 5.40. The zero-order chi connectivity index (χ0) is 27.5. The molecule has 206 valence electrons. The highest BCUT2D eigenvalue weighted by atomic mass is 16.5. The van der Waals surface area contributed by atoms with Crippen molar-refractivity contribution in [3.05, 3.63) is 84.4 Å². The number of likely N-dealkylation sites (tertiary alicyclic amines) is 1. The van der Waals surface area contributed by atoms with Gasteiger partial charge in [0, 0.05) is 50.5 Å². The third kappa shape index (κ3) is 8.48. The van der Waals surface area contributed by atoms with E-state index >= 15 is 0 Å². The summed E-state index contributed by atoms with van der Waals surface area (Å²) >= 11 is 0. The molecule has 0 aromatic heterocycles. The highest BCUT2D eigenvalue weighted by Crippen LogP contribution is 2.26. The second kappa shape index (κ2) is 14.2. The van der Waals surface area contributed by atoms with E-state index < -0.39 is 0 Å². The number of benzene rings is 3. The quantitative estimate of drug-likeness (QED) is 0.329. The summed E-state index contributed by atoms with van der Waals surface area (Å²) in [6.07, 6.45) is 2.71. The molecular weight excluding hydrogens is 492 g/mol. The highest BCUT2D eigenvalue weighted by molar-refractivity contribution is 5.92. The Hall–Kier alpha value is -4.04. The van der Waals surface area contributed by atoms with Crippen molar-refractivity contribution in [2.24, 2.45) is 0 Å². The van der Waals surface area contributed by atoms with Gasteiger partial charge in [-0.25, -0.2) is 4.79 Å². The third-order valence-electron chi connectivity index (χ3n) is 6.84. The Kier molecular flexibility index (Phi) is 10.2. The van der Waals surface area contributed by atoms with Crippen LogP contribution in [-0.4, -0.2) is 56.2 Å². The van der Waals surface area contributed by atoms with Gasteiger partial charge in [-0.05, 0) is 73.4 Å². The molecule has 2 N–H and O–H groups in total. The number of carbonyl (C=O) groups is 2. The molecule has 0 radical (unpaired) electrons.